The number of nitrogens with one attached hydrogen (secondary N) is 2. The number of fused-ring (bicyclic) bond motifs is 1. The molecule has 0 spiro atoms. The first kappa shape index (κ1) is 14.0. The summed E-state index contributed by atoms with van der Waals surface area (Å²) in [4.78, 5) is 8.32. The third-order valence-electron chi connectivity index (χ3n) is 3.58. The average molecular weight is 299 g/mol. The highest BCUT2D eigenvalue weighted by Gasteiger charge is 2.64. The zero-order valence-corrected chi connectivity index (χ0v) is 11.5. The van der Waals surface area contributed by atoms with Gasteiger partial charge in [-0.05, 0) is 19.3 Å². The third-order valence-corrected chi connectivity index (χ3v) is 3.58. The summed E-state index contributed by atoms with van der Waals surface area (Å²) in [6, 6.07) is 0. The van der Waals surface area contributed by atoms with Gasteiger partial charge in [0.1, 0.15) is 11.4 Å². The van der Waals surface area contributed by atoms with Gasteiger partial charge >= 0.3 is 6.18 Å². The van der Waals surface area contributed by atoms with Crippen molar-refractivity contribution in [2.24, 2.45) is 0 Å². The molecule has 21 heavy (non-hydrogen) atoms. The summed E-state index contributed by atoms with van der Waals surface area (Å²) >= 11 is 0. The summed E-state index contributed by atoms with van der Waals surface area (Å²) in [6.45, 7) is 2.71. The van der Waals surface area contributed by atoms with Crippen molar-refractivity contribution in [3.63, 3.8) is 0 Å². The highest BCUT2D eigenvalue weighted by Crippen LogP contribution is 2.51. The quantitative estimate of drug-likeness (QED) is 0.891. The molecule has 0 amide bonds. The lowest BCUT2D eigenvalue weighted by molar-refractivity contribution is -0.151. The molecule has 0 aromatic carbocycles. The molecule has 0 unspecified atom stereocenters. The molecule has 1 aliphatic carbocycles. The van der Waals surface area contributed by atoms with Crippen molar-refractivity contribution in [2.45, 2.75) is 37.9 Å². The first-order valence-electron chi connectivity index (χ1n) is 6.88. The number of rotatable bonds is 5. The van der Waals surface area contributed by atoms with Gasteiger partial charge in [-0.1, -0.05) is 6.92 Å². The van der Waals surface area contributed by atoms with E-state index in [0.29, 0.717) is 18.0 Å². The summed E-state index contributed by atoms with van der Waals surface area (Å²) < 4.78 is 40.9. The number of hydrogen-bond acceptors (Lipinski definition) is 4. The van der Waals surface area contributed by atoms with Crippen LogP contribution in [-0.2, 0) is 0 Å². The summed E-state index contributed by atoms with van der Waals surface area (Å²) in [6.07, 6.45) is 1.70. The molecule has 2 heterocycles. The monoisotopic (exact) mass is 299 g/mol. The van der Waals surface area contributed by atoms with Crippen LogP contribution in [0.4, 0.5) is 24.8 Å². The molecule has 3 rings (SSSR count). The standard InChI is InChI=1S/C13H16F3N5/c1-2-5-17-9-8-21-7-6-18-11(21)10(19-9)20-12(3-4-12)13(14,15)16/h6-8,17H,2-5H2,1H3,(H,19,20). The van der Waals surface area contributed by atoms with E-state index in [1.807, 2.05) is 6.92 Å². The van der Waals surface area contributed by atoms with Crippen molar-refractivity contribution in [1.29, 1.82) is 0 Å². The maximum absolute atomic E-state index is 13.1. The number of imidazole rings is 1. The lowest BCUT2D eigenvalue weighted by Gasteiger charge is -2.22. The van der Waals surface area contributed by atoms with Crippen molar-refractivity contribution >= 4 is 17.3 Å². The van der Waals surface area contributed by atoms with Gasteiger partial charge in [0.15, 0.2) is 11.5 Å². The Labute approximate surface area is 119 Å². The maximum atomic E-state index is 13.1. The molecule has 1 saturated carbocycles. The highest BCUT2D eigenvalue weighted by molar-refractivity contribution is 5.67. The van der Waals surface area contributed by atoms with E-state index in [-0.39, 0.29) is 18.7 Å². The minimum atomic E-state index is -4.29. The van der Waals surface area contributed by atoms with Crippen molar-refractivity contribution in [2.75, 3.05) is 17.2 Å². The molecule has 0 radical (unpaired) electrons. The third kappa shape index (κ3) is 2.50. The molecule has 1 fully saturated rings. The van der Waals surface area contributed by atoms with Crippen molar-refractivity contribution in [3.8, 4) is 0 Å². The van der Waals surface area contributed by atoms with Gasteiger partial charge < -0.3 is 15.0 Å². The fourth-order valence-electron chi connectivity index (χ4n) is 2.18. The zero-order chi connectivity index (χ0) is 15.1. The van der Waals surface area contributed by atoms with Crippen LogP contribution in [0.2, 0.25) is 0 Å². The highest BCUT2D eigenvalue weighted by atomic mass is 19.4. The largest absolute Gasteiger partial charge is 0.411 e. The molecular formula is C13H16F3N5. The Morgan fingerprint density at radius 2 is 2.14 bits per heavy atom. The lowest BCUT2D eigenvalue weighted by atomic mass is 10.2. The van der Waals surface area contributed by atoms with Crippen LogP contribution in [0.5, 0.6) is 0 Å². The Bertz CT molecular complexity index is 645. The zero-order valence-electron chi connectivity index (χ0n) is 11.5. The lowest BCUT2D eigenvalue weighted by Crippen LogP contribution is -2.39. The SMILES string of the molecule is CCCNc1cn2ccnc2c(NC2(C(F)(F)F)CC2)n1. The van der Waals surface area contributed by atoms with Gasteiger partial charge in [0.2, 0.25) is 0 Å². The second-order valence-electron chi connectivity index (χ2n) is 5.26. The number of halogens is 3. The number of alkyl halides is 3. The van der Waals surface area contributed by atoms with Crippen LogP contribution in [0.15, 0.2) is 18.6 Å². The fourth-order valence-corrected chi connectivity index (χ4v) is 2.18. The Morgan fingerprint density at radius 3 is 2.76 bits per heavy atom. The Kier molecular flexibility index (Phi) is 3.18. The van der Waals surface area contributed by atoms with Crippen molar-refractivity contribution in [3.05, 3.63) is 18.6 Å². The molecule has 5 nitrogen and oxygen atoms in total. The molecule has 8 heteroatoms. The van der Waals surface area contributed by atoms with Gasteiger partial charge in [0, 0.05) is 18.9 Å². The summed E-state index contributed by atoms with van der Waals surface area (Å²) in [5, 5.41) is 5.64. The number of anilines is 2. The van der Waals surface area contributed by atoms with Crippen LogP contribution < -0.4 is 10.6 Å². The topological polar surface area (TPSA) is 54.2 Å². The maximum Gasteiger partial charge on any atom is 0.411 e. The molecule has 1 aliphatic rings. The summed E-state index contributed by atoms with van der Waals surface area (Å²) in [7, 11) is 0. The van der Waals surface area contributed by atoms with Crippen LogP contribution in [0.25, 0.3) is 5.65 Å². The minimum absolute atomic E-state index is 0.0671. The van der Waals surface area contributed by atoms with E-state index in [0.717, 1.165) is 6.42 Å². The number of nitrogens with zero attached hydrogens (tertiary/aromatic N) is 3. The van der Waals surface area contributed by atoms with Crippen LogP contribution in [0, 0.1) is 0 Å². The molecule has 114 valence electrons. The van der Waals surface area contributed by atoms with Gasteiger partial charge in [0.25, 0.3) is 0 Å². The van der Waals surface area contributed by atoms with Crippen LogP contribution in [0.1, 0.15) is 26.2 Å². The molecular weight excluding hydrogens is 283 g/mol. The van der Waals surface area contributed by atoms with Crippen LogP contribution in [-0.4, -0.2) is 32.6 Å². The first-order chi connectivity index (χ1) is 9.95. The molecule has 0 atom stereocenters. The van der Waals surface area contributed by atoms with Gasteiger partial charge in [-0.15, -0.1) is 0 Å². The predicted octanol–water partition coefficient (Wildman–Crippen LogP) is 3.06. The van der Waals surface area contributed by atoms with E-state index >= 15 is 0 Å². The smallest absolute Gasteiger partial charge is 0.369 e. The van der Waals surface area contributed by atoms with Gasteiger partial charge in [0.05, 0.1) is 6.20 Å². The first-order valence-corrected chi connectivity index (χ1v) is 6.88. The van der Waals surface area contributed by atoms with Gasteiger partial charge in [-0.3, -0.25) is 0 Å². The minimum Gasteiger partial charge on any atom is -0.369 e. The molecule has 2 aromatic heterocycles. The van der Waals surface area contributed by atoms with Crippen LogP contribution in [0.3, 0.4) is 0 Å². The van der Waals surface area contributed by atoms with E-state index in [9.17, 15) is 13.2 Å². The Balaban J connectivity index is 1.95. The summed E-state index contributed by atoms with van der Waals surface area (Å²) in [5.74, 6) is 0.693. The number of aromatic nitrogens is 3. The van der Waals surface area contributed by atoms with Gasteiger partial charge in [-0.25, -0.2) is 9.97 Å². The van der Waals surface area contributed by atoms with E-state index in [1.54, 1.807) is 23.0 Å². The van der Waals surface area contributed by atoms with Gasteiger partial charge in [-0.2, -0.15) is 13.2 Å². The molecule has 0 saturated heterocycles. The van der Waals surface area contributed by atoms with Crippen molar-refractivity contribution in [1.82, 2.24) is 14.4 Å². The van der Waals surface area contributed by atoms with Crippen molar-refractivity contribution < 1.29 is 13.2 Å². The molecule has 0 aliphatic heterocycles. The second kappa shape index (κ2) is 4.78. The molecule has 0 bridgehead atoms. The second-order valence-corrected chi connectivity index (χ2v) is 5.26. The Hall–Kier alpha value is -1.99. The average Bonchev–Trinajstić information content (AvgIpc) is 3.06. The Morgan fingerprint density at radius 1 is 1.38 bits per heavy atom. The number of hydrogen-bond donors (Lipinski definition) is 2. The molecule has 2 N–H and O–H groups in total. The normalized spacial score (nSPS) is 17.0. The van der Waals surface area contributed by atoms with Crippen LogP contribution >= 0.6 is 0 Å². The predicted molar refractivity (Wildman–Crippen MR) is 73.4 cm³/mol. The van der Waals surface area contributed by atoms with E-state index in [2.05, 4.69) is 20.6 Å². The van der Waals surface area contributed by atoms with E-state index < -0.39 is 11.7 Å². The summed E-state index contributed by atoms with van der Waals surface area (Å²) in [5.41, 5.74) is -1.46. The molecule has 2 aromatic rings. The van der Waals surface area contributed by atoms with E-state index in [4.69, 9.17) is 0 Å². The fraction of sp³-hybridized carbons (Fsp3) is 0.538. The van der Waals surface area contributed by atoms with E-state index in [1.165, 1.54) is 0 Å².